The van der Waals surface area contributed by atoms with Gasteiger partial charge in [-0.15, -0.1) is 0 Å². The number of aliphatic hydroxyl groups is 1. The van der Waals surface area contributed by atoms with Gasteiger partial charge in [-0.2, -0.15) is 0 Å². The number of aryl methyl sites for hydroxylation is 1. The molecule has 0 amide bonds. The van der Waals surface area contributed by atoms with Gasteiger partial charge in [-0.3, -0.25) is 4.57 Å². The predicted molar refractivity (Wildman–Crippen MR) is 70.5 cm³/mol. The number of unbranched alkanes of at least 4 members (excludes halogenated alkanes) is 3. The SMILES string of the molecule is CCCCCCn1c(=O)oc2cc(CO)ccc21. The number of fused-ring (bicyclic) bond motifs is 1. The van der Waals surface area contributed by atoms with Crippen LogP contribution in [-0.2, 0) is 13.2 Å². The Morgan fingerprint density at radius 3 is 2.83 bits per heavy atom. The minimum Gasteiger partial charge on any atom is -0.408 e. The van der Waals surface area contributed by atoms with Crippen molar-refractivity contribution < 1.29 is 9.52 Å². The highest BCUT2D eigenvalue weighted by atomic mass is 16.4. The van der Waals surface area contributed by atoms with E-state index < -0.39 is 0 Å². The Morgan fingerprint density at radius 2 is 2.11 bits per heavy atom. The van der Waals surface area contributed by atoms with Crippen LogP contribution in [0, 0.1) is 0 Å². The minimum atomic E-state index is -0.309. The number of hydrogen-bond acceptors (Lipinski definition) is 3. The summed E-state index contributed by atoms with van der Waals surface area (Å²) in [7, 11) is 0. The van der Waals surface area contributed by atoms with Crippen LogP contribution in [-0.4, -0.2) is 9.67 Å². The lowest BCUT2D eigenvalue weighted by Gasteiger charge is -2.02. The summed E-state index contributed by atoms with van der Waals surface area (Å²) < 4.78 is 6.87. The van der Waals surface area contributed by atoms with E-state index in [9.17, 15) is 4.79 Å². The first-order valence-electron chi connectivity index (χ1n) is 6.49. The molecule has 4 nitrogen and oxygen atoms in total. The molecule has 0 radical (unpaired) electrons. The van der Waals surface area contributed by atoms with E-state index in [0.29, 0.717) is 12.1 Å². The number of benzene rings is 1. The largest absolute Gasteiger partial charge is 0.419 e. The summed E-state index contributed by atoms with van der Waals surface area (Å²) in [5.74, 6) is -0.309. The van der Waals surface area contributed by atoms with Crippen molar-refractivity contribution in [3.05, 3.63) is 34.3 Å². The Labute approximate surface area is 106 Å². The molecule has 98 valence electrons. The van der Waals surface area contributed by atoms with E-state index >= 15 is 0 Å². The van der Waals surface area contributed by atoms with E-state index in [1.807, 2.05) is 12.1 Å². The fourth-order valence-corrected chi connectivity index (χ4v) is 2.12. The highest BCUT2D eigenvalue weighted by Gasteiger charge is 2.09. The second-order valence-electron chi connectivity index (χ2n) is 4.54. The molecule has 2 aromatic rings. The van der Waals surface area contributed by atoms with Crippen LogP contribution in [0.5, 0.6) is 0 Å². The van der Waals surface area contributed by atoms with Crippen molar-refractivity contribution in [3.63, 3.8) is 0 Å². The quantitative estimate of drug-likeness (QED) is 0.801. The molecular weight excluding hydrogens is 230 g/mol. The van der Waals surface area contributed by atoms with E-state index in [1.54, 1.807) is 10.6 Å². The van der Waals surface area contributed by atoms with Crippen LogP contribution in [0.4, 0.5) is 0 Å². The van der Waals surface area contributed by atoms with Gasteiger partial charge in [0.1, 0.15) is 0 Å². The number of rotatable bonds is 6. The summed E-state index contributed by atoms with van der Waals surface area (Å²) in [6, 6.07) is 5.38. The first-order chi connectivity index (χ1) is 8.76. The molecule has 1 aromatic carbocycles. The van der Waals surface area contributed by atoms with Crippen molar-refractivity contribution in [1.29, 1.82) is 0 Å². The molecule has 0 aliphatic carbocycles. The Morgan fingerprint density at radius 1 is 1.28 bits per heavy atom. The first-order valence-corrected chi connectivity index (χ1v) is 6.49. The minimum absolute atomic E-state index is 0.0403. The molecule has 0 unspecified atom stereocenters. The van der Waals surface area contributed by atoms with Crippen LogP contribution in [0.2, 0.25) is 0 Å². The summed E-state index contributed by atoms with van der Waals surface area (Å²) in [6.45, 7) is 2.82. The van der Waals surface area contributed by atoms with Gasteiger partial charge < -0.3 is 9.52 Å². The third-order valence-corrected chi connectivity index (χ3v) is 3.15. The zero-order valence-corrected chi connectivity index (χ0v) is 10.7. The van der Waals surface area contributed by atoms with Crippen molar-refractivity contribution in [2.24, 2.45) is 0 Å². The van der Waals surface area contributed by atoms with Gasteiger partial charge in [-0.25, -0.2) is 4.79 Å². The zero-order chi connectivity index (χ0) is 13.0. The Balaban J connectivity index is 2.22. The van der Waals surface area contributed by atoms with Gasteiger partial charge in [0.2, 0.25) is 0 Å². The molecule has 0 atom stereocenters. The molecule has 0 spiro atoms. The third kappa shape index (κ3) is 2.64. The van der Waals surface area contributed by atoms with Gasteiger partial charge in [0.05, 0.1) is 12.1 Å². The standard InChI is InChI=1S/C14H19NO3/c1-2-3-4-5-8-15-12-7-6-11(10-16)9-13(12)18-14(15)17/h6-7,9,16H,2-5,8,10H2,1H3. The third-order valence-electron chi connectivity index (χ3n) is 3.15. The Kier molecular flexibility index (Phi) is 4.20. The van der Waals surface area contributed by atoms with E-state index in [0.717, 1.165) is 23.9 Å². The average molecular weight is 249 g/mol. The van der Waals surface area contributed by atoms with Gasteiger partial charge in [0, 0.05) is 6.54 Å². The summed E-state index contributed by atoms with van der Waals surface area (Å²) >= 11 is 0. The highest BCUT2D eigenvalue weighted by Crippen LogP contribution is 2.16. The Bertz CT molecular complexity index is 568. The molecule has 0 saturated heterocycles. The van der Waals surface area contributed by atoms with Gasteiger partial charge in [0.25, 0.3) is 0 Å². The van der Waals surface area contributed by atoms with Crippen LogP contribution in [0.25, 0.3) is 11.1 Å². The molecular formula is C14H19NO3. The van der Waals surface area contributed by atoms with Gasteiger partial charge in [-0.05, 0) is 24.1 Å². The van der Waals surface area contributed by atoms with Crippen LogP contribution in [0.3, 0.4) is 0 Å². The van der Waals surface area contributed by atoms with Crippen molar-refractivity contribution in [2.75, 3.05) is 0 Å². The second-order valence-corrected chi connectivity index (χ2v) is 4.54. The molecule has 0 fully saturated rings. The maximum Gasteiger partial charge on any atom is 0.419 e. The van der Waals surface area contributed by atoms with Crippen LogP contribution in [0.1, 0.15) is 38.2 Å². The molecule has 0 aliphatic rings. The van der Waals surface area contributed by atoms with E-state index in [-0.39, 0.29) is 12.4 Å². The molecule has 0 saturated carbocycles. The fourth-order valence-electron chi connectivity index (χ4n) is 2.12. The van der Waals surface area contributed by atoms with E-state index in [2.05, 4.69) is 6.92 Å². The lowest BCUT2D eigenvalue weighted by atomic mass is 10.2. The molecule has 0 aliphatic heterocycles. The number of nitrogens with zero attached hydrogens (tertiary/aromatic N) is 1. The van der Waals surface area contributed by atoms with Crippen molar-refractivity contribution >= 4 is 11.1 Å². The molecule has 0 bridgehead atoms. The first kappa shape index (κ1) is 12.9. The molecule has 4 heteroatoms. The van der Waals surface area contributed by atoms with E-state index in [4.69, 9.17) is 9.52 Å². The normalized spacial score (nSPS) is 11.2. The topological polar surface area (TPSA) is 55.4 Å². The molecule has 1 aromatic heterocycles. The lowest BCUT2D eigenvalue weighted by Crippen LogP contribution is -2.14. The Hall–Kier alpha value is -1.55. The lowest BCUT2D eigenvalue weighted by molar-refractivity contribution is 0.282. The van der Waals surface area contributed by atoms with Crippen molar-refractivity contribution in [2.45, 2.75) is 45.8 Å². The van der Waals surface area contributed by atoms with Gasteiger partial charge >= 0.3 is 5.76 Å². The number of hydrogen-bond donors (Lipinski definition) is 1. The fraction of sp³-hybridized carbons (Fsp3) is 0.500. The van der Waals surface area contributed by atoms with Crippen molar-refractivity contribution in [3.8, 4) is 0 Å². The van der Waals surface area contributed by atoms with Gasteiger partial charge in [0.15, 0.2) is 5.58 Å². The van der Waals surface area contributed by atoms with Gasteiger partial charge in [-0.1, -0.05) is 32.3 Å². The maximum atomic E-state index is 11.7. The monoisotopic (exact) mass is 249 g/mol. The average Bonchev–Trinajstić information content (AvgIpc) is 2.69. The predicted octanol–water partition coefficient (Wildman–Crippen LogP) is 2.67. The highest BCUT2D eigenvalue weighted by molar-refractivity contribution is 5.73. The maximum absolute atomic E-state index is 11.7. The molecule has 1 heterocycles. The summed E-state index contributed by atoms with van der Waals surface area (Å²) in [5, 5.41) is 9.05. The summed E-state index contributed by atoms with van der Waals surface area (Å²) in [5.41, 5.74) is 2.13. The number of aromatic nitrogens is 1. The molecule has 1 N–H and O–H groups in total. The summed E-state index contributed by atoms with van der Waals surface area (Å²) in [4.78, 5) is 11.7. The van der Waals surface area contributed by atoms with Crippen LogP contribution >= 0.6 is 0 Å². The number of oxazole rings is 1. The van der Waals surface area contributed by atoms with Crippen LogP contribution in [0.15, 0.2) is 27.4 Å². The van der Waals surface area contributed by atoms with Crippen LogP contribution < -0.4 is 5.76 Å². The second kappa shape index (κ2) is 5.87. The van der Waals surface area contributed by atoms with E-state index in [1.165, 1.54) is 12.8 Å². The van der Waals surface area contributed by atoms with Crippen molar-refractivity contribution in [1.82, 2.24) is 4.57 Å². The number of aliphatic hydroxyl groups excluding tert-OH is 1. The molecule has 18 heavy (non-hydrogen) atoms. The zero-order valence-electron chi connectivity index (χ0n) is 10.7. The summed E-state index contributed by atoms with van der Waals surface area (Å²) in [6.07, 6.45) is 4.49. The smallest absolute Gasteiger partial charge is 0.408 e. The molecule has 2 rings (SSSR count).